The van der Waals surface area contributed by atoms with Crippen molar-refractivity contribution in [3.05, 3.63) is 125 Å². The Kier molecular flexibility index (Phi) is 7.12. The fourth-order valence-corrected chi connectivity index (χ4v) is 4.97. The number of aliphatic hydroxyl groups is 2. The predicted molar refractivity (Wildman–Crippen MR) is 139 cm³/mol. The van der Waals surface area contributed by atoms with Gasteiger partial charge in [0.2, 0.25) is 5.91 Å². The summed E-state index contributed by atoms with van der Waals surface area (Å²) in [5.41, 5.74) is 5.04. The molecular weight excluding hydrogens is 472 g/mol. The molecule has 0 aliphatic carbocycles. The first-order chi connectivity index (χ1) is 17.9. The van der Waals surface area contributed by atoms with Crippen LogP contribution in [0, 0.1) is 17.6 Å². The molecule has 0 radical (unpaired) electrons. The second kappa shape index (κ2) is 10.6. The van der Waals surface area contributed by atoms with Crippen molar-refractivity contribution in [3.63, 3.8) is 0 Å². The van der Waals surface area contributed by atoms with Gasteiger partial charge in [-0.25, -0.2) is 8.78 Å². The number of hydrogen-bond donors (Lipinski definition) is 2. The van der Waals surface area contributed by atoms with Crippen molar-refractivity contribution in [2.24, 2.45) is 5.92 Å². The molecule has 1 aliphatic heterocycles. The molecule has 1 heterocycles. The first-order valence-electron chi connectivity index (χ1n) is 12.3. The first-order valence-corrected chi connectivity index (χ1v) is 12.3. The number of halogens is 2. The third kappa shape index (κ3) is 5.17. The Morgan fingerprint density at radius 3 is 1.86 bits per heavy atom. The van der Waals surface area contributed by atoms with E-state index in [1.807, 2.05) is 48.5 Å². The second-order valence-corrected chi connectivity index (χ2v) is 9.36. The summed E-state index contributed by atoms with van der Waals surface area (Å²) in [7, 11) is 0. The molecule has 0 saturated carbocycles. The van der Waals surface area contributed by atoms with E-state index in [2.05, 4.69) is 0 Å². The van der Waals surface area contributed by atoms with Crippen molar-refractivity contribution in [2.45, 2.75) is 31.6 Å². The lowest BCUT2D eigenvalue weighted by molar-refractivity contribution is -0.131. The van der Waals surface area contributed by atoms with Gasteiger partial charge >= 0.3 is 0 Å². The number of aliphatic hydroxyl groups excluding tert-OH is 2. The Morgan fingerprint density at radius 1 is 0.757 bits per heavy atom. The Labute approximate surface area is 214 Å². The summed E-state index contributed by atoms with van der Waals surface area (Å²) in [4.78, 5) is 14.9. The first kappa shape index (κ1) is 24.8. The molecule has 0 aromatic heterocycles. The average molecular weight is 500 g/mol. The van der Waals surface area contributed by atoms with Crippen LogP contribution in [0.4, 0.5) is 14.5 Å². The molecule has 6 heteroatoms. The zero-order valence-electron chi connectivity index (χ0n) is 20.1. The molecule has 3 atom stereocenters. The monoisotopic (exact) mass is 499 g/mol. The van der Waals surface area contributed by atoms with Gasteiger partial charge in [-0.05, 0) is 77.1 Å². The number of rotatable bonds is 8. The SMILES string of the molecule is O=C1[C@H](CC[C@H](O)c2ccc(F)cc2)[C@@H](c2ccc(-c3ccc(CO)cc3)cc2)N1c1ccc(F)cc1. The van der Waals surface area contributed by atoms with Gasteiger partial charge < -0.3 is 15.1 Å². The van der Waals surface area contributed by atoms with Crippen LogP contribution in [0.25, 0.3) is 11.1 Å². The Morgan fingerprint density at radius 2 is 1.30 bits per heavy atom. The van der Waals surface area contributed by atoms with Crippen molar-refractivity contribution < 1.29 is 23.8 Å². The van der Waals surface area contributed by atoms with Gasteiger partial charge in [0.1, 0.15) is 11.6 Å². The third-order valence-corrected chi connectivity index (χ3v) is 7.05. The molecule has 5 rings (SSSR count). The average Bonchev–Trinajstić information content (AvgIpc) is 2.93. The molecule has 4 aromatic carbocycles. The van der Waals surface area contributed by atoms with Crippen molar-refractivity contribution in [3.8, 4) is 11.1 Å². The topological polar surface area (TPSA) is 60.8 Å². The highest BCUT2D eigenvalue weighted by atomic mass is 19.1. The molecule has 1 amide bonds. The van der Waals surface area contributed by atoms with Crippen LogP contribution in [0.1, 0.15) is 41.7 Å². The highest BCUT2D eigenvalue weighted by Crippen LogP contribution is 2.46. The van der Waals surface area contributed by atoms with Crippen molar-refractivity contribution >= 4 is 11.6 Å². The molecule has 2 N–H and O–H groups in total. The van der Waals surface area contributed by atoms with Gasteiger partial charge in [0.25, 0.3) is 0 Å². The van der Waals surface area contributed by atoms with Crippen LogP contribution in [-0.4, -0.2) is 16.1 Å². The molecule has 4 nitrogen and oxygen atoms in total. The summed E-state index contributed by atoms with van der Waals surface area (Å²) < 4.78 is 26.8. The number of hydrogen-bond acceptors (Lipinski definition) is 3. The van der Waals surface area contributed by atoms with E-state index >= 15 is 0 Å². The second-order valence-electron chi connectivity index (χ2n) is 9.36. The van der Waals surface area contributed by atoms with Gasteiger partial charge in [-0.15, -0.1) is 0 Å². The molecule has 0 bridgehead atoms. The predicted octanol–water partition coefficient (Wildman–Crippen LogP) is 6.34. The summed E-state index contributed by atoms with van der Waals surface area (Å²) >= 11 is 0. The lowest BCUT2D eigenvalue weighted by atomic mass is 9.78. The molecule has 37 heavy (non-hydrogen) atoms. The summed E-state index contributed by atoms with van der Waals surface area (Å²) in [6.45, 7) is -0.00854. The van der Waals surface area contributed by atoms with Crippen LogP contribution >= 0.6 is 0 Å². The van der Waals surface area contributed by atoms with Crippen molar-refractivity contribution in [1.82, 2.24) is 0 Å². The summed E-state index contributed by atoms with van der Waals surface area (Å²) in [6.07, 6.45) is -0.00644. The van der Waals surface area contributed by atoms with Crippen molar-refractivity contribution in [1.29, 1.82) is 0 Å². The lowest BCUT2D eigenvalue weighted by Gasteiger charge is -2.48. The zero-order chi connectivity index (χ0) is 25.9. The van der Waals surface area contributed by atoms with E-state index in [1.165, 1.54) is 24.3 Å². The largest absolute Gasteiger partial charge is 0.392 e. The van der Waals surface area contributed by atoms with Crippen LogP contribution < -0.4 is 4.90 Å². The lowest BCUT2D eigenvalue weighted by Crippen LogP contribution is -2.55. The van der Waals surface area contributed by atoms with Gasteiger partial charge in [-0.3, -0.25) is 4.79 Å². The van der Waals surface area contributed by atoms with Gasteiger partial charge in [-0.2, -0.15) is 0 Å². The standard InChI is InChI=1S/C31H27F2NO3/c32-25-11-9-23(10-12-25)29(36)18-17-28-30(34(31(28)37)27-15-13-26(33)14-16-27)24-7-5-22(6-8-24)21-3-1-20(19-35)2-4-21/h1-16,28-30,35-36H,17-19H2/t28-,29+,30-/m1/s1. The Hall–Kier alpha value is -3.87. The number of amides is 1. The maximum absolute atomic E-state index is 13.5. The summed E-state index contributed by atoms with van der Waals surface area (Å²) in [6, 6.07) is 27.0. The highest BCUT2D eigenvalue weighted by molar-refractivity contribution is 6.03. The van der Waals surface area contributed by atoms with Gasteiger partial charge in [0, 0.05) is 5.69 Å². The van der Waals surface area contributed by atoms with Gasteiger partial charge in [-0.1, -0.05) is 60.7 Å². The van der Waals surface area contributed by atoms with Gasteiger partial charge in [0.05, 0.1) is 24.7 Å². The van der Waals surface area contributed by atoms with E-state index in [0.29, 0.717) is 24.1 Å². The Bertz CT molecular complexity index is 1350. The number of benzene rings is 4. The molecular formula is C31H27F2NO3. The fourth-order valence-electron chi connectivity index (χ4n) is 4.97. The van der Waals surface area contributed by atoms with E-state index in [9.17, 15) is 23.8 Å². The molecule has 0 unspecified atom stereocenters. The van der Waals surface area contributed by atoms with Gasteiger partial charge in [0.15, 0.2) is 0 Å². The Balaban J connectivity index is 1.38. The van der Waals surface area contributed by atoms with Crippen LogP contribution in [0.2, 0.25) is 0 Å². The van der Waals surface area contributed by atoms with Crippen LogP contribution in [-0.2, 0) is 11.4 Å². The number of nitrogens with zero attached hydrogens (tertiary/aromatic N) is 1. The maximum atomic E-state index is 13.5. The minimum Gasteiger partial charge on any atom is -0.392 e. The van der Waals surface area contributed by atoms with Crippen molar-refractivity contribution in [2.75, 3.05) is 4.90 Å². The van der Waals surface area contributed by atoms with E-state index in [0.717, 1.165) is 22.3 Å². The summed E-state index contributed by atoms with van der Waals surface area (Å²) in [5.74, 6) is -1.17. The number of β-lactam (4-membered cyclic amide) rings is 1. The quantitative estimate of drug-likeness (QED) is 0.278. The van der Waals surface area contributed by atoms with Crippen LogP contribution in [0.15, 0.2) is 97.1 Å². The molecule has 1 aliphatic rings. The maximum Gasteiger partial charge on any atom is 0.233 e. The highest BCUT2D eigenvalue weighted by Gasteiger charge is 2.48. The molecule has 0 spiro atoms. The molecule has 1 fully saturated rings. The molecule has 188 valence electrons. The zero-order valence-corrected chi connectivity index (χ0v) is 20.1. The molecule has 4 aromatic rings. The summed E-state index contributed by atoms with van der Waals surface area (Å²) in [5, 5.41) is 19.9. The van der Waals surface area contributed by atoms with E-state index < -0.39 is 6.10 Å². The normalized spacial score (nSPS) is 17.9. The van der Waals surface area contributed by atoms with Crippen LogP contribution in [0.5, 0.6) is 0 Å². The number of carbonyl (C=O) groups excluding carboxylic acids is 1. The van der Waals surface area contributed by atoms with E-state index in [-0.39, 0.29) is 36.1 Å². The van der Waals surface area contributed by atoms with E-state index in [1.54, 1.807) is 29.2 Å². The van der Waals surface area contributed by atoms with Crippen LogP contribution in [0.3, 0.4) is 0 Å². The minimum absolute atomic E-state index is 0.00854. The fraction of sp³-hybridized carbons (Fsp3) is 0.194. The minimum atomic E-state index is -0.807. The smallest absolute Gasteiger partial charge is 0.233 e. The third-order valence-electron chi connectivity index (χ3n) is 7.05. The number of anilines is 1. The number of carbonyl (C=O) groups is 1. The molecule has 1 saturated heterocycles. The van der Waals surface area contributed by atoms with E-state index in [4.69, 9.17) is 0 Å².